The Kier molecular flexibility index (Phi) is 13.5. The predicted octanol–water partition coefficient (Wildman–Crippen LogP) is 5.68. The van der Waals surface area contributed by atoms with Crippen LogP contribution in [0, 0.1) is 0 Å². The van der Waals surface area contributed by atoms with E-state index in [0.29, 0.717) is 0 Å². The summed E-state index contributed by atoms with van der Waals surface area (Å²) in [7, 11) is 0. The SMILES string of the molecule is CC(F)(F)COC(F)(C(=O)OCCOCC(F)(F)OC(F)(F)COC(=O)C(OC(F)(F)CC(F)(F)F)C(F)(F)F)C(F)(F)F. The van der Waals surface area contributed by atoms with Crippen LogP contribution in [0.4, 0.5) is 79.0 Å². The van der Waals surface area contributed by atoms with Crippen molar-refractivity contribution >= 4 is 11.9 Å². The molecule has 0 spiro atoms. The molecule has 0 aromatic heterocycles. The molecule has 0 saturated heterocycles. The monoisotopic (exact) mass is 702 g/mol. The molecular weight excluding hydrogens is 686 g/mol. The van der Waals surface area contributed by atoms with Crippen molar-refractivity contribution in [3.05, 3.63) is 0 Å². The van der Waals surface area contributed by atoms with E-state index >= 15 is 0 Å². The lowest BCUT2D eigenvalue weighted by molar-refractivity contribution is -0.393. The van der Waals surface area contributed by atoms with Gasteiger partial charge in [-0.2, -0.15) is 70.2 Å². The number of carbonyl (C=O) groups excluding carboxylic acids is 2. The minimum Gasteiger partial charge on any atom is -0.459 e. The van der Waals surface area contributed by atoms with Crippen LogP contribution in [0.25, 0.3) is 0 Å². The Morgan fingerprint density at radius 3 is 1.57 bits per heavy atom. The van der Waals surface area contributed by atoms with Gasteiger partial charge >= 0.3 is 54.6 Å². The fraction of sp³-hybridized carbons (Fsp3) is 0.889. The second-order valence-corrected chi connectivity index (χ2v) is 8.09. The van der Waals surface area contributed by atoms with Gasteiger partial charge < -0.3 is 18.9 Å². The standard InChI is InChI=1S/C18H16F18O8/c1-11(19,20)5-42-16(30,18(34,35)36)10(38)40-3-2-39-6-14(26,27)44-15(28,29)7-41-9(37)8(17(31,32)33)43-13(24,25)4-12(21,22)23/h8H,2-7H2,1H3. The summed E-state index contributed by atoms with van der Waals surface area (Å²) >= 11 is 0. The summed E-state index contributed by atoms with van der Waals surface area (Å²) in [5.74, 6) is -15.8. The summed E-state index contributed by atoms with van der Waals surface area (Å²) in [5.41, 5.74) is 0. The Morgan fingerprint density at radius 1 is 0.636 bits per heavy atom. The molecule has 0 radical (unpaired) electrons. The number of hydrogen-bond donors (Lipinski definition) is 0. The number of esters is 2. The number of halogens is 18. The van der Waals surface area contributed by atoms with Crippen LogP contribution in [0.2, 0.25) is 0 Å². The summed E-state index contributed by atoms with van der Waals surface area (Å²) in [6, 6.07) is 0. The van der Waals surface area contributed by atoms with Crippen molar-refractivity contribution in [3.8, 4) is 0 Å². The van der Waals surface area contributed by atoms with Gasteiger partial charge in [0.2, 0.25) is 0 Å². The van der Waals surface area contributed by atoms with Gasteiger partial charge in [-0.25, -0.2) is 18.4 Å². The summed E-state index contributed by atoms with van der Waals surface area (Å²) in [6.07, 6.45) is -43.0. The quantitative estimate of drug-likeness (QED) is 0.109. The maximum absolute atomic E-state index is 13.9. The maximum Gasteiger partial charge on any atom is 0.460 e. The third kappa shape index (κ3) is 15.5. The highest BCUT2D eigenvalue weighted by Crippen LogP contribution is 2.38. The van der Waals surface area contributed by atoms with Gasteiger partial charge in [0.1, 0.15) is 26.2 Å². The van der Waals surface area contributed by atoms with E-state index in [1.807, 2.05) is 0 Å². The first-order valence-electron chi connectivity index (χ1n) is 10.6. The van der Waals surface area contributed by atoms with E-state index in [-0.39, 0.29) is 6.92 Å². The highest BCUT2D eigenvalue weighted by Gasteiger charge is 2.66. The van der Waals surface area contributed by atoms with Crippen LogP contribution in [0.5, 0.6) is 0 Å². The Balaban J connectivity index is 5.05. The Hall–Kier alpha value is -2.48. The second kappa shape index (κ2) is 14.3. The first-order chi connectivity index (χ1) is 19.2. The van der Waals surface area contributed by atoms with E-state index in [9.17, 15) is 88.6 Å². The fourth-order valence-corrected chi connectivity index (χ4v) is 2.16. The molecule has 0 N–H and O–H groups in total. The largest absolute Gasteiger partial charge is 0.460 e. The van der Waals surface area contributed by atoms with E-state index < -0.39 is 106 Å². The molecule has 0 fully saturated rings. The van der Waals surface area contributed by atoms with Crippen LogP contribution in [0.3, 0.4) is 0 Å². The lowest BCUT2D eigenvalue weighted by Gasteiger charge is -2.27. The zero-order valence-corrected chi connectivity index (χ0v) is 20.9. The molecule has 8 nitrogen and oxygen atoms in total. The van der Waals surface area contributed by atoms with Crippen molar-refractivity contribution in [2.45, 2.75) is 68.1 Å². The predicted molar refractivity (Wildman–Crippen MR) is 96.7 cm³/mol. The molecule has 2 atom stereocenters. The molecule has 0 aliphatic rings. The number of hydrogen-bond acceptors (Lipinski definition) is 8. The van der Waals surface area contributed by atoms with Crippen molar-refractivity contribution in [2.24, 2.45) is 0 Å². The molecule has 0 bridgehead atoms. The van der Waals surface area contributed by atoms with Gasteiger partial charge in [0.15, 0.2) is 6.61 Å². The fourth-order valence-electron chi connectivity index (χ4n) is 2.16. The number of ether oxygens (including phenoxy) is 6. The molecule has 0 saturated carbocycles. The average Bonchev–Trinajstić information content (AvgIpc) is 2.74. The van der Waals surface area contributed by atoms with Crippen molar-refractivity contribution in [1.82, 2.24) is 0 Å². The summed E-state index contributed by atoms with van der Waals surface area (Å²) in [5, 5.41) is 0. The van der Waals surface area contributed by atoms with E-state index in [0.717, 1.165) is 0 Å². The van der Waals surface area contributed by atoms with Crippen LogP contribution in [0.15, 0.2) is 0 Å². The summed E-state index contributed by atoms with van der Waals surface area (Å²) in [6.45, 7) is -10.7. The molecule has 0 rings (SSSR count). The zero-order chi connectivity index (χ0) is 35.2. The Labute approximate surface area is 231 Å². The van der Waals surface area contributed by atoms with Crippen LogP contribution < -0.4 is 0 Å². The molecule has 0 aromatic carbocycles. The van der Waals surface area contributed by atoms with Crippen molar-refractivity contribution < 1.29 is 117 Å². The van der Waals surface area contributed by atoms with Gasteiger partial charge in [-0.3, -0.25) is 9.47 Å². The number of carbonyl (C=O) groups is 2. The van der Waals surface area contributed by atoms with E-state index in [1.54, 1.807) is 0 Å². The number of rotatable bonds is 17. The third-order valence-electron chi connectivity index (χ3n) is 3.77. The van der Waals surface area contributed by atoms with E-state index in [1.165, 1.54) is 0 Å². The first-order valence-corrected chi connectivity index (χ1v) is 10.6. The van der Waals surface area contributed by atoms with Crippen LogP contribution in [0.1, 0.15) is 13.3 Å². The van der Waals surface area contributed by atoms with Crippen LogP contribution in [-0.2, 0) is 38.0 Å². The van der Waals surface area contributed by atoms with Gasteiger partial charge in [0.05, 0.1) is 6.61 Å². The van der Waals surface area contributed by atoms with Crippen LogP contribution in [-0.4, -0.2) is 99.7 Å². The highest BCUT2D eigenvalue weighted by molar-refractivity contribution is 5.78. The number of alkyl halides is 18. The highest BCUT2D eigenvalue weighted by atomic mass is 19.4. The second-order valence-electron chi connectivity index (χ2n) is 8.09. The summed E-state index contributed by atoms with van der Waals surface area (Å²) in [4.78, 5) is 22.6. The zero-order valence-electron chi connectivity index (χ0n) is 20.9. The lowest BCUT2D eigenvalue weighted by Crippen LogP contribution is -2.53. The molecule has 2 unspecified atom stereocenters. The molecule has 0 amide bonds. The van der Waals surface area contributed by atoms with Gasteiger partial charge in [-0.05, 0) is 0 Å². The molecule has 0 heterocycles. The topological polar surface area (TPSA) is 89.5 Å². The normalized spacial score (nSPS) is 16.3. The summed E-state index contributed by atoms with van der Waals surface area (Å²) < 4.78 is 252. The van der Waals surface area contributed by atoms with Crippen molar-refractivity contribution in [3.63, 3.8) is 0 Å². The molecular formula is C18H16F18O8. The Morgan fingerprint density at radius 2 is 1.14 bits per heavy atom. The van der Waals surface area contributed by atoms with Crippen molar-refractivity contribution in [1.29, 1.82) is 0 Å². The van der Waals surface area contributed by atoms with Gasteiger partial charge in [0, 0.05) is 6.92 Å². The molecule has 26 heteroatoms. The minimum atomic E-state index is -6.31. The third-order valence-corrected chi connectivity index (χ3v) is 3.77. The smallest absolute Gasteiger partial charge is 0.459 e. The molecule has 262 valence electrons. The Bertz CT molecular complexity index is 942. The van der Waals surface area contributed by atoms with E-state index in [4.69, 9.17) is 0 Å². The van der Waals surface area contributed by atoms with Gasteiger partial charge in [-0.15, -0.1) is 0 Å². The van der Waals surface area contributed by atoms with E-state index in [2.05, 4.69) is 28.4 Å². The minimum absolute atomic E-state index is 0.0313. The van der Waals surface area contributed by atoms with Crippen molar-refractivity contribution in [2.75, 3.05) is 33.0 Å². The maximum atomic E-state index is 13.9. The molecule has 44 heavy (non-hydrogen) atoms. The molecule has 0 aliphatic heterocycles. The average molecular weight is 702 g/mol. The van der Waals surface area contributed by atoms with Gasteiger partial charge in [0.25, 0.3) is 12.0 Å². The van der Waals surface area contributed by atoms with Gasteiger partial charge in [-0.1, -0.05) is 0 Å². The molecule has 0 aromatic rings. The first kappa shape index (κ1) is 41.5. The lowest BCUT2D eigenvalue weighted by atomic mass is 10.3. The van der Waals surface area contributed by atoms with Crippen LogP contribution >= 0.6 is 0 Å². The molecule has 0 aliphatic carbocycles.